The van der Waals surface area contributed by atoms with Crippen molar-refractivity contribution in [3.05, 3.63) is 12.7 Å². The van der Waals surface area contributed by atoms with Gasteiger partial charge in [0.25, 0.3) is 0 Å². The molecule has 11 nitrogen and oxygen atoms in total. The third-order valence-electron chi connectivity index (χ3n) is 5.10. The highest BCUT2D eigenvalue weighted by atomic mass is 31.2. The lowest BCUT2D eigenvalue weighted by Gasteiger charge is -2.37. The van der Waals surface area contributed by atoms with Gasteiger partial charge in [0.05, 0.1) is 18.5 Å². The highest BCUT2D eigenvalue weighted by Crippen LogP contribution is 2.58. The maximum atomic E-state index is 12.8. The molecule has 0 amide bonds. The maximum Gasteiger partial charge on any atom is 0.473 e. The number of phosphoric acid groups is 1. The summed E-state index contributed by atoms with van der Waals surface area (Å²) in [5.74, 6) is 0.253. The number of nitrogens with zero attached hydrogens (tertiary/aromatic N) is 4. The highest BCUT2D eigenvalue weighted by Gasteiger charge is 2.65. The zero-order valence-corrected chi connectivity index (χ0v) is 19.5. The number of fused-ring (bicyclic) bond motifs is 3. The number of nitrogens with two attached hydrogens (primary N) is 1. The number of rotatable bonds is 5. The first-order valence-corrected chi connectivity index (χ1v) is 11.6. The predicted molar refractivity (Wildman–Crippen MR) is 112 cm³/mol. The van der Waals surface area contributed by atoms with Crippen LogP contribution in [0.4, 0.5) is 5.82 Å². The summed E-state index contributed by atoms with van der Waals surface area (Å²) in [6.45, 7) is 11.5. The predicted octanol–water partition coefficient (Wildman–Crippen LogP) is 2.81. The van der Waals surface area contributed by atoms with Gasteiger partial charge in [-0.2, -0.15) is 0 Å². The van der Waals surface area contributed by atoms with Gasteiger partial charge >= 0.3 is 7.82 Å². The van der Waals surface area contributed by atoms with Gasteiger partial charge in [0.15, 0.2) is 17.7 Å². The molecule has 172 valence electrons. The summed E-state index contributed by atoms with van der Waals surface area (Å²) < 4.78 is 38.1. The minimum atomic E-state index is -4.40. The van der Waals surface area contributed by atoms with Gasteiger partial charge in [-0.1, -0.05) is 20.8 Å². The summed E-state index contributed by atoms with van der Waals surface area (Å²) in [5.41, 5.74) is 4.87. The van der Waals surface area contributed by atoms with Crippen LogP contribution >= 0.6 is 7.82 Å². The van der Waals surface area contributed by atoms with Crippen LogP contribution in [0.3, 0.4) is 0 Å². The Morgan fingerprint density at radius 3 is 2.65 bits per heavy atom. The standard InChI is InChI=1S/C19H30N5O6P/c1-17(2,3)7-19-8-27-12(13(19)29-31(25,26)30-18(4,5)6)16(28-19)24-10-23-11-14(20)21-9-22-15(11)24/h9-10,12-13,16H,7-8H2,1-6H3,(H,25,26)(H2,20,21,22)/t12?,13?,16-,19+/m1/s1. The molecule has 2 aromatic rings. The summed E-state index contributed by atoms with van der Waals surface area (Å²) in [4.78, 5) is 23.0. The largest absolute Gasteiger partial charge is 0.473 e. The van der Waals surface area contributed by atoms with Gasteiger partial charge in [0.2, 0.25) is 0 Å². The quantitative estimate of drug-likeness (QED) is 0.646. The number of aromatic nitrogens is 4. The molecule has 5 atom stereocenters. The molecule has 2 aliphatic rings. The molecule has 12 heteroatoms. The van der Waals surface area contributed by atoms with Crippen molar-refractivity contribution >= 4 is 24.8 Å². The molecule has 0 saturated carbocycles. The summed E-state index contributed by atoms with van der Waals surface area (Å²) >= 11 is 0. The average Bonchev–Trinajstić information content (AvgIpc) is 3.21. The molecular weight excluding hydrogens is 425 g/mol. The van der Waals surface area contributed by atoms with Gasteiger partial charge in [-0.25, -0.2) is 19.5 Å². The molecule has 2 fully saturated rings. The van der Waals surface area contributed by atoms with Gasteiger partial charge in [-0.3, -0.25) is 13.6 Å². The lowest BCUT2D eigenvalue weighted by Crippen LogP contribution is -2.44. The molecule has 4 rings (SSSR count). The van der Waals surface area contributed by atoms with E-state index in [2.05, 4.69) is 35.7 Å². The Morgan fingerprint density at radius 2 is 2.00 bits per heavy atom. The number of ether oxygens (including phenoxy) is 2. The summed E-state index contributed by atoms with van der Waals surface area (Å²) in [5, 5.41) is 0. The number of hydrogen-bond acceptors (Lipinski definition) is 9. The molecule has 2 aromatic heterocycles. The summed E-state index contributed by atoms with van der Waals surface area (Å²) in [7, 11) is -4.40. The van der Waals surface area contributed by atoms with E-state index in [1.165, 1.54) is 6.33 Å². The third-order valence-corrected chi connectivity index (χ3v) is 6.37. The molecular formula is C19H30N5O6P. The van der Waals surface area contributed by atoms with Crippen LogP contribution in [-0.4, -0.2) is 54.4 Å². The molecule has 4 heterocycles. The second kappa shape index (κ2) is 7.19. The Hall–Kier alpha value is -1.62. The van der Waals surface area contributed by atoms with E-state index in [4.69, 9.17) is 24.3 Å². The third kappa shape index (κ3) is 4.35. The Morgan fingerprint density at radius 1 is 1.29 bits per heavy atom. The second-order valence-electron chi connectivity index (χ2n) is 10.4. The van der Waals surface area contributed by atoms with E-state index in [0.29, 0.717) is 17.6 Å². The van der Waals surface area contributed by atoms with Crippen LogP contribution < -0.4 is 5.73 Å². The van der Waals surface area contributed by atoms with Crippen LogP contribution in [0, 0.1) is 5.41 Å². The van der Waals surface area contributed by atoms with Crippen LogP contribution in [0.1, 0.15) is 54.2 Å². The lowest BCUT2D eigenvalue weighted by atomic mass is 9.80. The number of nitrogen functional groups attached to an aromatic ring is 1. The van der Waals surface area contributed by atoms with Gasteiger partial charge in [-0.05, 0) is 32.6 Å². The second-order valence-corrected chi connectivity index (χ2v) is 11.7. The Balaban J connectivity index is 1.72. The van der Waals surface area contributed by atoms with Crippen molar-refractivity contribution in [1.82, 2.24) is 19.5 Å². The van der Waals surface area contributed by atoms with E-state index in [-0.39, 0.29) is 17.8 Å². The van der Waals surface area contributed by atoms with Crippen molar-refractivity contribution < 1.29 is 28.0 Å². The molecule has 2 aliphatic heterocycles. The van der Waals surface area contributed by atoms with Crippen molar-refractivity contribution in [1.29, 1.82) is 0 Å². The van der Waals surface area contributed by atoms with Crippen LogP contribution in [0.15, 0.2) is 12.7 Å². The zero-order valence-electron chi connectivity index (χ0n) is 18.6. The number of phosphoric ester groups is 1. The van der Waals surface area contributed by atoms with Gasteiger partial charge in [-0.15, -0.1) is 0 Å². The van der Waals surface area contributed by atoms with E-state index in [9.17, 15) is 9.46 Å². The minimum Gasteiger partial charge on any atom is -0.382 e. The minimum absolute atomic E-state index is 0.164. The van der Waals surface area contributed by atoms with Crippen molar-refractivity contribution in [3.8, 4) is 0 Å². The fourth-order valence-electron chi connectivity index (χ4n) is 4.38. The molecule has 2 bridgehead atoms. The van der Waals surface area contributed by atoms with Crippen LogP contribution in [0.2, 0.25) is 0 Å². The average molecular weight is 455 g/mol. The first-order valence-electron chi connectivity index (χ1n) is 10.1. The van der Waals surface area contributed by atoms with Crippen molar-refractivity contribution in [2.45, 2.75) is 77.6 Å². The van der Waals surface area contributed by atoms with E-state index >= 15 is 0 Å². The smallest absolute Gasteiger partial charge is 0.382 e. The fraction of sp³-hybridized carbons (Fsp3) is 0.737. The van der Waals surface area contributed by atoms with Crippen molar-refractivity contribution in [2.24, 2.45) is 5.41 Å². The van der Waals surface area contributed by atoms with Crippen molar-refractivity contribution in [2.75, 3.05) is 12.3 Å². The maximum absolute atomic E-state index is 12.8. The molecule has 0 aromatic carbocycles. The fourth-order valence-corrected chi connectivity index (χ4v) is 5.71. The van der Waals surface area contributed by atoms with E-state index in [0.717, 1.165) is 0 Å². The molecule has 3 unspecified atom stereocenters. The molecule has 0 spiro atoms. The van der Waals surface area contributed by atoms with E-state index < -0.39 is 37.5 Å². The topological polar surface area (TPSA) is 144 Å². The highest BCUT2D eigenvalue weighted by molar-refractivity contribution is 7.47. The molecule has 3 N–H and O–H groups in total. The van der Waals surface area contributed by atoms with Gasteiger partial charge in [0, 0.05) is 0 Å². The van der Waals surface area contributed by atoms with E-state index in [1.54, 1.807) is 31.7 Å². The van der Waals surface area contributed by atoms with Crippen LogP contribution in [-0.2, 0) is 23.1 Å². The van der Waals surface area contributed by atoms with Gasteiger partial charge in [0.1, 0.15) is 29.7 Å². The van der Waals surface area contributed by atoms with Crippen molar-refractivity contribution in [3.63, 3.8) is 0 Å². The molecule has 31 heavy (non-hydrogen) atoms. The lowest BCUT2D eigenvalue weighted by molar-refractivity contribution is -0.182. The first kappa shape index (κ1) is 22.6. The molecule has 0 radical (unpaired) electrons. The Bertz CT molecular complexity index is 1030. The first-order chi connectivity index (χ1) is 14.2. The molecule has 2 saturated heterocycles. The molecule has 0 aliphatic carbocycles. The Kier molecular flexibility index (Phi) is 5.24. The number of imidazole rings is 1. The summed E-state index contributed by atoms with van der Waals surface area (Å²) in [6.07, 6.45) is 1.27. The van der Waals surface area contributed by atoms with Crippen LogP contribution in [0.25, 0.3) is 11.2 Å². The monoisotopic (exact) mass is 455 g/mol. The van der Waals surface area contributed by atoms with Crippen LogP contribution in [0.5, 0.6) is 0 Å². The number of anilines is 1. The SMILES string of the molecule is CC(C)(C)C[C@]12COC(C1OP(=O)(O)OC(C)(C)C)[C@H](n1cnc3c(N)ncnc31)O2. The zero-order chi connectivity index (χ0) is 22.8. The normalized spacial score (nSPS) is 30.7. The summed E-state index contributed by atoms with van der Waals surface area (Å²) in [6, 6.07) is 0. The van der Waals surface area contributed by atoms with E-state index in [1.807, 2.05) is 0 Å². The number of hydrogen-bond donors (Lipinski definition) is 2. The Labute approximate surface area is 180 Å². The van der Waals surface area contributed by atoms with Gasteiger partial charge < -0.3 is 20.1 Å².